The molecule has 0 radical (unpaired) electrons. The average Bonchev–Trinajstić information content (AvgIpc) is 2.33. The van der Waals surface area contributed by atoms with E-state index in [4.69, 9.17) is 0 Å². The van der Waals surface area contributed by atoms with Gasteiger partial charge in [0.25, 0.3) is 0 Å². The molecule has 0 saturated carbocycles. The highest BCUT2D eigenvalue weighted by Gasteiger charge is 2.22. The van der Waals surface area contributed by atoms with Crippen molar-refractivity contribution in [3.8, 4) is 0 Å². The van der Waals surface area contributed by atoms with Gasteiger partial charge in [0.1, 0.15) is 0 Å². The van der Waals surface area contributed by atoms with Gasteiger partial charge in [0, 0.05) is 27.0 Å². The molecular weight excluding hydrogens is 304 g/mol. The summed E-state index contributed by atoms with van der Waals surface area (Å²) in [5, 5.41) is 10.6. The smallest absolute Gasteiger partial charge is 0.0707 e. The quantitative estimate of drug-likeness (QED) is 0.924. The summed E-state index contributed by atoms with van der Waals surface area (Å²) in [4.78, 5) is 0. The van der Waals surface area contributed by atoms with Gasteiger partial charge in [-0.2, -0.15) is 23.5 Å². The van der Waals surface area contributed by atoms with Crippen LogP contribution in [0, 0.1) is 0 Å². The lowest BCUT2D eigenvalue weighted by molar-refractivity contribution is 0.177. The molecule has 1 aliphatic rings. The molecule has 0 aromatic heterocycles. The standard InChI is InChI=1S/C12H15BrOS2/c13-10-3-1-9(2-4-10)7-11(14)12-8-15-5-6-16-12/h1-4,11-12,14H,5-8H2. The molecule has 2 unspecified atom stereocenters. The van der Waals surface area contributed by atoms with E-state index in [0.29, 0.717) is 5.25 Å². The zero-order valence-corrected chi connectivity index (χ0v) is 12.2. The molecule has 88 valence electrons. The van der Waals surface area contributed by atoms with Crippen LogP contribution in [0.4, 0.5) is 0 Å². The Labute approximate surface area is 114 Å². The predicted molar refractivity (Wildman–Crippen MR) is 77.4 cm³/mol. The van der Waals surface area contributed by atoms with E-state index in [9.17, 15) is 5.11 Å². The van der Waals surface area contributed by atoms with Gasteiger partial charge in [-0.05, 0) is 24.1 Å². The first kappa shape index (κ1) is 12.8. The third-order valence-corrected chi connectivity index (χ3v) is 6.06. The fraction of sp³-hybridized carbons (Fsp3) is 0.500. The lowest BCUT2D eigenvalue weighted by Gasteiger charge is -2.25. The number of halogens is 1. The first-order valence-corrected chi connectivity index (χ1v) is 8.37. The Balaban J connectivity index is 1.90. The second-order valence-electron chi connectivity index (χ2n) is 3.88. The van der Waals surface area contributed by atoms with Crippen LogP contribution < -0.4 is 0 Å². The van der Waals surface area contributed by atoms with Crippen LogP contribution >= 0.6 is 39.5 Å². The minimum absolute atomic E-state index is 0.209. The molecule has 2 atom stereocenters. The summed E-state index contributed by atoms with van der Waals surface area (Å²) < 4.78 is 1.09. The molecule has 0 aliphatic carbocycles. The molecule has 1 aromatic carbocycles. The summed E-state index contributed by atoms with van der Waals surface area (Å²) in [5.74, 6) is 3.49. The van der Waals surface area contributed by atoms with Gasteiger partial charge in [0.2, 0.25) is 0 Å². The maximum absolute atomic E-state index is 10.2. The SMILES string of the molecule is OC(Cc1ccc(Br)cc1)C1CSCCS1. The first-order chi connectivity index (χ1) is 7.75. The third kappa shape index (κ3) is 3.69. The van der Waals surface area contributed by atoms with E-state index < -0.39 is 0 Å². The van der Waals surface area contributed by atoms with Crippen LogP contribution in [0.1, 0.15) is 5.56 Å². The van der Waals surface area contributed by atoms with E-state index >= 15 is 0 Å². The predicted octanol–water partition coefficient (Wildman–Crippen LogP) is 3.20. The third-order valence-electron chi connectivity index (χ3n) is 2.63. The van der Waals surface area contributed by atoms with Crippen molar-refractivity contribution in [2.45, 2.75) is 17.8 Å². The minimum atomic E-state index is -0.209. The number of aliphatic hydroxyl groups is 1. The van der Waals surface area contributed by atoms with Crippen molar-refractivity contribution in [1.82, 2.24) is 0 Å². The van der Waals surface area contributed by atoms with Crippen molar-refractivity contribution in [1.29, 1.82) is 0 Å². The molecule has 1 N–H and O–H groups in total. The summed E-state index contributed by atoms with van der Waals surface area (Å²) >= 11 is 7.29. The second-order valence-corrected chi connectivity index (χ2v) is 7.29. The summed E-state index contributed by atoms with van der Waals surface area (Å²) in [7, 11) is 0. The van der Waals surface area contributed by atoms with E-state index in [0.717, 1.165) is 16.6 Å². The summed E-state index contributed by atoms with van der Waals surface area (Å²) in [6.07, 6.45) is 0.560. The molecule has 1 heterocycles. The molecule has 0 bridgehead atoms. The largest absolute Gasteiger partial charge is 0.392 e. The lowest BCUT2D eigenvalue weighted by atomic mass is 10.1. The second kappa shape index (κ2) is 6.34. The molecule has 1 aromatic rings. The Bertz CT molecular complexity index is 322. The van der Waals surface area contributed by atoms with Gasteiger partial charge in [-0.15, -0.1) is 0 Å². The van der Waals surface area contributed by atoms with Crippen LogP contribution in [0.5, 0.6) is 0 Å². The fourth-order valence-corrected chi connectivity index (χ4v) is 4.76. The Morgan fingerprint density at radius 2 is 2.06 bits per heavy atom. The topological polar surface area (TPSA) is 20.2 Å². The number of hydrogen-bond donors (Lipinski definition) is 1. The Morgan fingerprint density at radius 3 is 2.69 bits per heavy atom. The van der Waals surface area contributed by atoms with Gasteiger partial charge in [-0.1, -0.05) is 28.1 Å². The molecule has 16 heavy (non-hydrogen) atoms. The van der Waals surface area contributed by atoms with Crippen molar-refractivity contribution in [3.63, 3.8) is 0 Å². The highest BCUT2D eigenvalue weighted by atomic mass is 79.9. The minimum Gasteiger partial charge on any atom is -0.392 e. The molecule has 1 saturated heterocycles. The summed E-state index contributed by atoms with van der Waals surface area (Å²) in [5.41, 5.74) is 1.21. The molecule has 2 rings (SSSR count). The Kier molecular flexibility index (Phi) is 5.07. The van der Waals surface area contributed by atoms with Gasteiger partial charge < -0.3 is 5.11 Å². The molecule has 1 aliphatic heterocycles. The van der Waals surface area contributed by atoms with Crippen molar-refractivity contribution in [2.24, 2.45) is 0 Å². The van der Waals surface area contributed by atoms with Gasteiger partial charge >= 0.3 is 0 Å². The molecule has 4 heteroatoms. The van der Waals surface area contributed by atoms with E-state index in [1.54, 1.807) is 0 Å². The number of rotatable bonds is 3. The molecule has 1 fully saturated rings. The van der Waals surface area contributed by atoms with Crippen LogP contribution in [0.15, 0.2) is 28.7 Å². The molecule has 1 nitrogen and oxygen atoms in total. The highest BCUT2D eigenvalue weighted by Crippen LogP contribution is 2.27. The van der Waals surface area contributed by atoms with E-state index in [1.807, 2.05) is 35.7 Å². The van der Waals surface area contributed by atoms with Gasteiger partial charge in [0.05, 0.1) is 6.10 Å². The summed E-state index contributed by atoms with van der Waals surface area (Å²) in [6, 6.07) is 8.22. The Morgan fingerprint density at radius 1 is 1.31 bits per heavy atom. The van der Waals surface area contributed by atoms with Crippen LogP contribution in [0.25, 0.3) is 0 Å². The number of benzene rings is 1. The normalized spacial score (nSPS) is 23.0. The molecule has 0 spiro atoms. The van der Waals surface area contributed by atoms with Gasteiger partial charge in [-0.3, -0.25) is 0 Å². The lowest BCUT2D eigenvalue weighted by Crippen LogP contribution is -2.30. The van der Waals surface area contributed by atoms with Crippen LogP contribution in [0.3, 0.4) is 0 Å². The van der Waals surface area contributed by atoms with Crippen LogP contribution in [-0.2, 0) is 6.42 Å². The maximum atomic E-state index is 10.2. The van der Waals surface area contributed by atoms with Gasteiger partial charge in [0.15, 0.2) is 0 Å². The van der Waals surface area contributed by atoms with Crippen molar-refractivity contribution >= 4 is 39.5 Å². The van der Waals surface area contributed by atoms with Crippen molar-refractivity contribution < 1.29 is 5.11 Å². The zero-order chi connectivity index (χ0) is 11.4. The number of hydrogen-bond acceptors (Lipinski definition) is 3. The van der Waals surface area contributed by atoms with Crippen molar-refractivity contribution in [2.75, 3.05) is 17.3 Å². The maximum Gasteiger partial charge on any atom is 0.0707 e. The molecular formula is C12H15BrOS2. The number of thioether (sulfide) groups is 2. The van der Waals surface area contributed by atoms with E-state index in [2.05, 4.69) is 28.1 Å². The number of aliphatic hydroxyl groups excluding tert-OH is 1. The molecule has 0 amide bonds. The highest BCUT2D eigenvalue weighted by molar-refractivity contribution is 9.10. The monoisotopic (exact) mass is 318 g/mol. The summed E-state index contributed by atoms with van der Waals surface area (Å²) in [6.45, 7) is 0. The fourth-order valence-electron chi connectivity index (χ4n) is 1.72. The van der Waals surface area contributed by atoms with Crippen molar-refractivity contribution in [3.05, 3.63) is 34.3 Å². The van der Waals surface area contributed by atoms with Gasteiger partial charge in [-0.25, -0.2) is 0 Å². The average molecular weight is 319 g/mol. The van der Waals surface area contributed by atoms with Crippen LogP contribution in [0.2, 0.25) is 0 Å². The Hall–Kier alpha value is 0.360. The van der Waals surface area contributed by atoms with E-state index in [-0.39, 0.29) is 6.10 Å². The van der Waals surface area contributed by atoms with Crippen LogP contribution in [-0.4, -0.2) is 33.7 Å². The zero-order valence-electron chi connectivity index (χ0n) is 8.93. The van der Waals surface area contributed by atoms with E-state index in [1.165, 1.54) is 17.1 Å². The first-order valence-electron chi connectivity index (χ1n) is 5.37.